The first kappa shape index (κ1) is 55.7. The quantitative estimate of drug-likeness (QED) is 0.0215. The van der Waals surface area contributed by atoms with Gasteiger partial charge in [-0.25, -0.2) is 4.40 Å². The highest BCUT2D eigenvalue weighted by atomic mass is 32.2. The molecular formula is C49H97N3O4S. The fraction of sp³-hybridized carbons (Fsp3) is 0.939. The van der Waals surface area contributed by atoms with E-state index in [2.05, 4.69) is 42.3 Å². The van der Waals surface area contributed by atoms with Crippen LogP contribution in [0, 0.1) is 0 Å². The fourth-order valence-electron chi connectivity index (χ4n) is 7.72. The van der Waals surface area contributed by atoms with Crippen LogP contribution in [0.3, 0.4) is 0 Å². The second-order valence-corrected chi connectivity index (χ2v) is 17.5. The molecule has 0 fully saturated rings. The zero-order valence-electron chi connectivity index (χ0n) is 38.7. The van der Waals surface area contributed by atoms with Crippen LogP contribution in [0.2, 0.25) is 0 Å². The largest absolute Gasteiger partial charge is 0.462 e. The molecule has 0 saturated heterocycles. The monoisotopic (exact) mass is 824 g/mol. The Kier molecular flexibility index (Phi) is 44.8. The topological polar surface area (TPSA) is 80.2 Å². The summed E-state index contributed by atoms with van der Waals surface area (Å²) in [6, 6.07) is 0. The zero-order valence-corrected chi connectivity index (χ0v) is 39.6. The molecule has 1 N–H and O–H groups in total. The summed E-state index contributed by atoms with van der Waals surface area (Å²) in [5.74, 6) is 0.0320. The molecule has 0 amide bonds. The Bertz CT molecular complexity index is 860. The highest BCUT2D eigenvalue weighted by Crippen LogP contribution is 2.19. The van der Waals surface area contributed by atoms with E-state index in [1.165, 1.54) is 166 Å². The summed E-state index contributed by atoms with van der Waals surface area (Å²) in [6.45, 7) is 13.3. The van der Waals surface area contributed by atoms with Crippen molar-refractivity contribution < 1.29 is 19.1 Å². The summed E-state index contributed by atoms with van der Waals surface area (Å²) in [6.07, 6.45) is 44.7. The lowest BCUT2D eigenvalue weighted by molar-refractivity contribution is -0.150. The molecule has 0 radical (unpaired) electrons. The van der Waals surface area contributed by atoms with Crippen LogP contribution in [0.1, 0.15) is 252 Å². The third kappa shape index (κ3) is 41.3. The van der Waals surface area contributed by atoms with E-state index in [0.717, 1.165) is 84.0 Å². The maximum atomic E-state index is 12.8. The van der Waals surface area contributed by atoms with E-state index < -0.39 is 0 Å². The number of ether oxygens (including phenoxy) is 2. The predicted molar refractivity (Wildman–Crippen MR) is 251 cm³/mol. The lowest BCUT2D eigenvalue weighted by atomic mass is 10.0. The number of carbonyl (C=O) groups excluding carboxylic acids is 2. The summed E-state index contributed by atoms with van der Waals surface area (Å²) in [7, 11) is 0. The second kappa shape index (κ2) is 45.8. The van der Waals surface area contributed by atoms with Crippen LogP contribution in [-0.4, -0.2) is 67.8 Å². The van der Waals surface area contributed by atoms with Crippen molar-refractivity contribution in [1.29, 1.82) is 0 Å². The van der Waals surface area contributed by atoms with E-state index in [-0.39, 0.29) is 24.1 Å². The van der Waals surface area contributed by atoms with Crippen LogP contribution < -0.4 is 5.32 Å². The Labute approximate surface area is 359 Å². The van der Waals surface area contributed by atoms with Crippen molar-refractivity contribution in [3.8, 4) is 0 Å². The number of unbranched alkanes of at least 4 members (excludes halogenated alkanes) is 23. The van der Waals surface area contributed by atoms with Crippen LogP contribution in [0.15, 0.2) is 4.40 Å². The van der Waals surface area contributed by atoms with Gasteiger partial charge in [-0.15, -0.1) is 0 Å². The third-order valence-electron chi connectivity index (χ3n) is 11.4. The Hall–Kier alpha value is -1.28. The lowest BCUT2D eigenvalue weighted by Crippen LogP contribution is -2.29. The van der Waals surface area contributed by atoms with Gasteiger partial charge in [0.2, 0.25) is 0 Å². The van der Waals surface area contributed by atoms with Gasteiger partial charge in [-0.05, 0) is 109 Å². The maximum absolute atomic E-state index is 12.8. The van der Waals surface area contributed by atoms with Crippen LogP contribution in [0.25, 0.3) is 0 Å². The molecule has 0 saturated carbocycles. The first-order valence-corrected chi connectivity index (χ1v) is 26.1. The Morgan fingerprint density at radius 1 is 0.509 bits per heavy atom. The minimum Gasteiger partial charge on any atom is -0.462 e. The Morgan fingerprint density at radius 3 is 1.32 bits per heavy atom. The van der Waals surface area contributed by atoms with Crippen molar-refractivity contribution in [3.05, 3.63) is 0 Å². The molecular weight excluding hydrogens is 727 g/mol. The number of nitrogens with one attached hydrogen (secondary N) is 1. The summed E-state index contributed by atoms with van der Waals surface area (Å²) >= 11 is 1.47. The van der Waals surface area contributed by atoms with Gasteiger partial charge in [-0.3, -0.25) is 9.59 Å². The standard InChI is InChI=1S/C49H97N3O4S/c1-6-10-13-16-21-28-36-46(9-4)55-48(53)39-31-24-19-26-33-42-52(44-35-41-50-45-51-57-5)43-34-27-20-25-32-40-49(54)56-47(37-29-22-17-14-11-7-2)38-30-23-18-15-12-8-3/h45-47H,6-44H2,1-5H3,(H,50,51). The third-order valence-corrected chi connectivity index (χ3v) is 11.8. The second-order valence-electron chi connectivity index (χ2n) is 16.9. The van der Waals surface area contributed by atoms with Crippen molar-refractivity contribution in [2.75, 3.05) is 32.4 Å². The summed E-state index contributed by atoms with van der Waals surface area (Å²) in [4.78, 5) is 27.9. The van der Waals surface area contributed by atoms with Crippen molar-refractivity contribution in [2.24, 2.45) is 4.40 Å². The molecule has 0 aromatic carbocycles. The van der Waals surface area contributed by atoms with Crippen LogP contribution in [-0.2, 0) is 19.1 Å². The molecule has 0 aromatic heterocycles. The van der Waals surface area contributed by atoms with Crippen molar-refractivity contribution in [1.82, 2.24) is 10.2 Å². The maximum Gasteiger partial charge on any atom is 0.306 e. The molecule has 1 unspecified atom stereocenters. The number of hydrogen-bond acceptors (Lipinski definition) is 7. The summed E-state index contributed by atoms with van der Waals surface area (Å²) < 4.78 is 16.1. The van der Waals surface area contributed by atoms with E-state index >= 15 is 0 Å². The van der Waals surface area contributed by atoms with Crippen molar-refractivity contribution in [2.45, 2.75) is 265 Å². The normalized spacial score (nSPS) is 12.3. The van der Waals surface area contributed by atoms with Crippen LogP contribution in [0.4, 0.5) is 0 Å². The number of carbonyl (C=O) groups is 2. The lowest BCUT2D eigenvalue weighted by Gasteiger charge is -2.22. The summed E-state index contributed by atoms with van der Waals surface area (Å²) in [5, 5.41) is 3.31. The van der Waals surface area contributed by atoms with Crippen LogP contribution in [0.5, 0.6) is 0 Å². The van der Waals surface area contributed by atoms with E-state index in [0.29, 0.717) is 12.8 Å². The highest BCUT2D eigenvalue weighted by molar-refractivity contribution is 7.97. The molecule has 8 heteroatoms. The molecule has 0 aliphatic rings. The summed E-state index contributed by atoms with van der Waals surface area (Å²) in [5.41, 5.74) is 0. The van der Waals surface area contributed by atoms with E-state index in [4.69, 9.17) is 9.47 Å². The minimum absolute atomic E-state index is 0.00127. The fourth-order valence-corrected chi connectivity index (χ4v) is 7.90. The van der Waals surface area contributed by atoms with Gasteiger partial charge in [0.25, 0.3) is 0 Å². The molecule has 1 atom stereocenters. The Morgan fingerprint density at radius 2 is 0.877 bits per heavy atom. The molecule has 0 aliphatic heterocycles. The van der Waals surface area contributed by atoms with Crippen LogP contribution >= 0.6 is 11.9 Å². The van der Waals surface area contributed by atoms with E-state index in [1.807, 2.05) is 12.6 Å². The molecule has 0 aromatic rings. The number of nitrogens with zero attached hydrogens (tertiary/aromatic N) is 2. The molecule has 7 nitrogen and oxygen atoms in total. The van der Waals surface area contributed by atoms with Crippen molar-refractivity contribution in [3.63, 3.8) is 0 Å². The van der Waals surface area contributed by atoms with E-state index in [1.54, 1.807) is 0 Å². The minimum atomic E-state index is 0.00127. The molecule has 0 rings (SSSR count). The van der Waals surface area contributed by atoms with Gasteiger partial charge >= 0.3 is 11.9 Å². The first-order valence-electron chi connectivity index (χ1n) is 24.9. The molecule has 0 heterocycles. The van der Waals surface area contributed by atoms with Gasteiger partial charge in [0.15, 0.2) is 0 Å². The van der Waals surface area contributed by atoms with Gasteiger partial charge < -0.3 is 19.7 Å². The predicted octanol–water partition coefficient (Wildman–Crippen LogP) is 14.7. The van der Waals surface area contributed by atoms with Gasteiger partial charge in [0, 0.05) is 25.6 Å². The molecule has 0 aliphatic carbocycles. The van der Waals surface area contributed by atoms with E-state index in [9.17, 15) is 9.59 Å². The first-order chi connectivity index (χ1) is 28.0. The SMILES string of the molecule is CCCCCCCCC(CC)OC(=O)CCCCCCCN(CCCCCCCC(=O)OC(CCCCCCCC)CCCCCCCC)CCCN/C=N/SC. The zero-order chi connectivity index (χ0) is 41.7. The Balaban J connectivity index is 4.38. The van der Waals surface area contributed by atoms with Gasteiger partial charge in [-0.2, -0.15) is 0 Å². The highest BCUT2D eigenvalue weighted by Gasteiger charge is 2.15. The average Bonchev–Trinajstić information content (AvgIpc) is 3.21. The number of hydrogen-bond donors (Lipinski definition) is 1. The number of rotatable bonds is 46. The van der Waals surface area contributed by atoms with Gasteiger partial charge in [-0.1, -0.05) is 163 Å². The van der Waals surface area contributed by atoms with Gasteiger partial charge in [0.05, 0.1) is 6.34 Å². The van der Waals surface area contributed by atoms with Crippen molar-refractivity contribution >= 4 is 30.2 Å². The average molecular weight is 824 g/mol. The number of esters is 2. The van der Waals surface area contributed by atoms with Gasteiger partial charge in [0.1, 0.15) is 12.2 Å². The molecule has 338 valence electrons. The molecule has 0 spiro atoms. The molecule has 57 heavy (non-hydrogen) atoms. The molecule has 0 bridgehead atoms. The smallest absolute Gasteiger partial charge is 0.306 e.